The third-order valence-electron chi connectivity index (χ3n) is 3.99. The summed E-state index contributed by atoms with van der Waals surface area (Å²) in [6, 6.07) is 12.8. The van der Waals surface area contributed by atoms with Gasteiger partial charge >= 0.3 is 0 Å². The topological polar surface area (TPSA) is 44.4 Å². The lowest BCUT2D eigenvalue weighted by Crippen LogP contribution is -2.34. The number of carbonyl (C=O) groups excluding carboxylic acids is 1. The largest absolute Gasteiger partial charge is 0.370 e. The zero-order valence-corrected chi connectivity index (χ0v) is 16.5. The standard InChI is InChI=1S/C18H17BrClN3OS/c19-13-5-3-12(4-6-13)17(24)22-18(25)21-14-7-8-16(15(20)11-14)23-9-1-2-10-23/h3-8,11H,1-2,9-10H2,(H2,21,22,24,25). The summed E-state index contributed by atoms with van der Waals surface area (Å²) >= 11 is 14.9. The molecule has 1 aliphatic heterocycles. The van der Waals surface area contributed by atoms with Crippen LogP contribution in [0, 0.1) is 0 Å². The number of thiocarbonyl (C=S) groups is 1. The van der Waals surface area contributed by atoms with E-state index < -0.39 is 0 Å². The molecule has 0 spiro atoms. The van der Waals surface area contributed by atoms with E-state index in [-0.39, 0.29) is 11.0 Å². The van der Waals surface area contributed by atoms with Gasteiger partial charge in [-0.25, -0.2) is 0 Å². The molecule has 1 saturated heterocycles. The van der Waals surface area contributed by atoms with Gasteiger partial charge in [-0.05, 0) is 67.5 Å². The molecule has 0 atom stereocenters. The Morgan fingerprint density at radius 1 is 1.12 bits per heavy atom. The lowest BCUT2D eigenvalue weighted by Gasteiger charge is -2.20. The Kier molecular flexibility index (Phi) is 5.93. The maximum atomic E-state index is 12.2. The van der Waals surface area contributed by atoms with Gasteiger partial charge in [-0.2, -0.15) is 0 Å². The highest BCUT2D eigenvalue weighted by molar-refractivity contribution is 9.10. The van der Waals surface area contributed by atoms with Crippen molar-refractivity contribution in [2.24, 2.45) is 0 Å². The van der Waals surface area contributed by atoms with E-state index in [9.17, 15) is 4.79 Å². The van der Waals surface area contributed by atoms with Crippen molar-refractivity contribution >= 4 is 62.1 Å². The monoisotopic (exact) mass is 437 g/mol. The average molecular weight is 439 g/mol. The smallest absolute Gasteiger partial charge is 0.257 e. The van der Waals surface area contributed by atoms with Gasteiger partial charge in [0.1, 0.15) is 0 Å². The summed E-state index contributed by atoms with van der Waals surface area (Å²) in [6.45, 7) is 2.07. The van der Waals surface area contributed by atoms with E-state index in [1.54, 1.807) is 12.1 Å². The van der Waals surface area contributed by atoms with E-state index in [2.05, 4.69) is 31.5 Å². The van der Waals surface area contributed by atoms with E-state index in [4.69, 9.17) is 23.8 Å². The highest BCUT2D eigenvalue weighted by Crippen LogP contribution is 2.31. The van der Waals surface area contributed by atoms with Crippen molar-refractivity contribution in [3.8, 4) is 0 Å². The van der Waals surface area contributed by atoms with Crippen LogP contribution in [0.2, 0.25) is 5.02 Å². The summed E-state index contributed by atoms with van der Waals surface area (Å²) in [4.78, 5) is 14.4. The maximum absolute atomic E-state index is 12.2. The quantitative estimate of drug-likeness (QED) is 0.674. The van der Waals surface area contributed by atoms with Gasteiger partial charge in [0.25, 0.3) is 5.91 Å². The fourth-order valence-electron chi connectivity index (χ4n) is 2.74. The first-order valence-electron chi connectivity index (χ1n) is 7.95. The molecule has 1 aliphatic rings. The SMILES string of the molecule is O=C(NC(=S)Nc1ccc(N2CCCC2)c(Cl)c1)c1ccc(Br)cc1. The van der Waals surface area contributed by atoms with Gasteiger partial charge in [0.05, 0.1) is 10.7 Å². The molecule has 7 heteroatoms. The summed E-state index contributed by atoms with van der Waals surface area (Å²) in [6.07, 6.45) is 2.39. The van der Waals surface area contributed by atoms with Crippen LogP contribution < -0.4 is 15.5 Å². The van der Waals surface area contributed by atoms with Crippen molar-refractivity contribution < 1.29 is 4.79 Å². The molecule has 0 unspecified atom stereocenters. The van der Waals surface area contributed by atoms with Crippen LogP contribution in [0.25, 0.3) is 0 Å². The zero-order chi connectivity index (χ0) is 17.8. The van der Waals surface area contributed by atoms with Crippen LogP contribution in [0.1, 0.15) is 23.2 Å². The first-order valence-corrected chi connectivity index (χ1v) is 9.53. The van der Waals surface area contributed by atoms with Crippen molar-refractivity contribution in [2.45, 2.75) is 12.8 Å². The van der Waals surface area contributed by atoms with Crippen LogP contribution in [0.3, 0.4) is 0 Å². The van der Waals surface area contributed by atoms with Gasteiger partial charge < -0.3 is 10.2 Å². The Bertz CT molecular complexity index is 791. The molecular weight excluding hydrogens is 422 g/mol. The molecule has 2 N–H and O–H groups in total. The molecular formula is C18H17BrClN3OS. The van der Waals surface area contributed by atoms with Gasteiger partial charge in [0.2, 0.25) is 0 Å². The van der Waals surface area contributed by atoms with Crippen molar-refractivity contribution in [2.75, 3.05) is 23.3 Å². The molecule has 0 radical (unpaired) electrons. The zero-order valence-electron chi connectivity index (χ0n) is 13.4. The average Bonchev–Trinajstić information content (AvgIpc) is 3.09. The molecule has 3 rings (SSSR count). The molecule has 1 fully saturated rings. The van der Waals surface area contributed by atoms with Crippen LogP contribution >= 0.6 is 39.7 Å². The Balaban J connectivity index is 1.61. The normalized spacial score (nSPS) is 13.6. The number of anilines is 2. The molecule has 25 heavy (non-hydrogen) atoms. The molecule has 0 aliphatic carbocycles. The number of carbonyl (C=O) groups is 1. The molecule has 130 valence electrons. The van der Waals surface area contributed by atoms with Crippen molar-refractivity contribution in [1.29, 1.82) is 0 Å². The predicted molar refractivity (Wildman–Crippen MR) is 111 cm³/mol. The number of nitrogens with zero attached hydrogens (tertiary/aromatic N) is 1. The van der Waals surface area contributed by atoms with Crippen LogP contribution in [-0.2, 0) is 0 Å². The van der Waals surface area contributed by atoms with E-state index >= 15 is 0 Å². The Morgan fingerprint density at radius 3 is 2.44 bits per heavy atom. The van der Waals surface area contributed by atoms with Crippen molar-refractivity contribution in [3.63, 3.8) is 0 Å². The van der Waals surface area contributed by atoms with Crippen LogP contribution in [0.5, 0.6) is 0 Å². The third kappa shape index (κ3) is 4.71. The number of rotatable bonds is 3. The van der Waals surface area contributed by atoms with E-state index in [0.717, 1.165) is 28.9 Å². The molecule has 0 aromatic heterocycles. The summed E-state index contributed by atoms with van der Waals surface area (Å²) in [5.74, 6) is -0.259. The fraction of sp³-hybridized carbons (Fsp3) is 0.222. The second-order valence-corrected chi connectivity index (χ2v) is 7.51. The second kappa shape index (κ2) is 8.17. The van der Waals surface area contributed by atoms with E-state index in [1.165, 1.54) is 12.8 Å². The number of nitrogens with one attached hydrogen (secondary N) is 2. The summed E-state index contributed by atoms with van der Waals surface area (Å²) in [5, 5.41) is 6.57. The summed E-state index contributed by atoms with van der Waals surface area (Å²) in [5.41, 5.74) is 2.32. The van der Waals surface area contributed by atoms with Gasteiger partial charge in [0, 0.05) is 28.8 Å². The lowest BCUT2D eigenvalue weighted by molar-refractivity contribution is 0.0977. The minimum Gasteiger partial charge on any atom is -0.370 e. The van der Waals surface area contributed by atoms with Gasteiger partial charge in [-0.3, -0.25) is 10.1 Å². The highest BCUT2D eigenvalue weighted by atomic mass is 79.9. The molecule has 0 bridgehead atoms. The lowest BCUT2D eigenvalue weighted by atomic mass is 10.2. The second-order valence-electron chi connectivity index (χ2n) is 5.78. The number of halogens is 2. The minimum absolute atomic E-state index is 0.234. The maximum Gasteiger partial charge on any atom is 0.257 e. The number of hydrogen-bond donors (Lipinski definition) is 2. The molecule has 1 heterocycles. The molecule has 0 saturated carbocycles. The molecule has 1 amide bonds. The van der Waals surface area contributed by atoms with E-state index in [0.29, 0.717) is 10.6 Å². The predicted octanol–water partition coefficient (Wildman–Crippen LogP) is 4.83. The Morgan fingerprint density at radius 2 is 1.80 bits per heavy atom. The Labute approximate surface area is 165 Å². The van der Waals surface area contributed by atoms with Crippen molar-refractivity contribution in [1.82, 2.24) is 5.32 Å². The number of benzene rings is 2. The van der Waals surface area contributed by atoms with Gasteiger partial charge in [0.15, 0.2) is 5.11 Å². The molecule has 2 aromatic rings. The van der Waals surface area contributed by atoms with Crippen LogP contribution in [0.15, 0.2) is 46.9 Å². The Hall–Kier alpha value is -1.63. The van der Waals surface area contributed by atoms with Gasteiger partial charge in [-0.15, -0.1) is 0 Å². The van der Waals surface area contributed by atoms with Crippen molar-refractivity contribution in [3.05, 3.63) is 57.5 Å². The first-order chi connectivity index (χ1) is 12.0. The van der Waals surface area contributed by atoms with E-state index in [1.807, 2.05) is 30.3 Å². The summed E-state index contributed by atoms with van der Waals surface area (Å²) in [7, 11) is 0. The number of hydrogen-bond acceptors (Lipinski definition) is 3. The minimum atomic E-state index is -0.259. The third-order valence-corrected chi connectivity index (χ3v) is 5.02. The molecule has 4 nitrogen and oxygen atoms in total. The first kappa shape index (κ1) is 18.2. The summed E-state index contributed by atoms with van der Waals surface area (Å²) < 4.78 is 0.914. The van der Waals surface area contributed by atoms with Crippen LogP contribution in [-0.4, -0.2) is 24.1 Å². The number of amides is 1. The van der Waals surface area contributed by atoms with Crippen LogP contribution in [0.4, 0.5) is 11.4 Å². The molecule has 2 aromatic carbocycles. The fourth-order valence-corrected chi connectivity index (χ4v) is 3.51. The van der Waals surface area contributed by atoms with Gasteiger partial charge in [-0.1, -0.05) is 27.5 Å². The highest BCUT2D eigenvalue weighted by Gasteiger charge is 2.15.